The number of aromatic hydroxyl groups is 1. The van der Waals surface area contributed by atoms with Crippen LogP contribution in [0.4, 0.5) is 5.69 Å². The molecule has 0 fully saturated rings. The van der Waals surface area contributed by atoms with Crippen LogP contribution in [-0.4, -0.2) is 52.7 Å². The van der Waals surface area contributed by atoms with Gasteiger partial charge in [-0.25, -0.2) is 4.99 Å². The van der Waals surface area contributed by atoms with E-state index in [0.29, 0.717) is 23.6 Å². The van der Waals surface area contributed by atoms with Crippen molar-refractivity contribution in [1.29, 1.82) is 0 Å². The average molecular weight is 492 g/mol. The molecule has 1 aliphatic heterocycles. The summed E-state index contributed by atoms with van der Waals surface area (Å²) in [7, 11) is 0. The van der Waals surface area contributed by atoms with Crippen molar-refractivity contribution in [2.75, 3.05) is 26.2 Å². The second-order valence-corrected chi connectivity index (χ2v) is 7.73. The molecule has 0 atom stereocenters. The number of aromatic nitrogens is 1. The summed E-state index contributed by atoms with van der Waals surface area (Å²) in [5.41, 5.74) is 4.43. The largest absolute Gasteiger partial charge is 0.494 e. The number of rotatable bonds is 7. The monoisotopic (exact) mass is 490 g/mol. The number of para-hydroxylation sites is 1. The standard InChI is InChI=1S/C22H23BrN4O2.ClH/c1-3-27(4-2)11-12-29-26-20-16-7-5-6-8-17(16)24-21(20)19-15-10-9-14(23)13-18(15)25-22(19)28;/h5-10,13,25,28H,3-4,11-12H2,1-2H3;1H/b26-20+;. The molecule has 1 aromatic heterocycles. The molecule has 0 saturated carbocycles. The van der Waals surface area contributed by atoms with Gasteiger partial charge in [-0.05, 0) is 31.3 Å². The van der Waals surface area contributed by atoms with Gasteiger partial charge in [0, 0.05) is 22.0 Å². The molecule has 0 saturated heterocycles. The normalized spacial score (nSPS) is 14.1. The Morgan fingerprint density at radius 2 is 1.93 bits per heavy atom. The lowest BCUT2D eigenvalue weighted by Crippen LogP contribution is -2.26. The number of H-pyrrole nitrogens is 1. The van der Waals surface area contributed by atoms with Gasteiger partial charge >= 0.3 is 0 Å². The topological polar surface area (TPSA) is 73.2 Å². The Bertz CT molecular complexity index is 1110. The van der Waals surface area contributed by atoms with Crippen molar-refractivity contribution in [1.82, 2.24) is 9.88 Å². The van der Waals surface area contributed by atoms with Crippen molar-refractivity contribution in [3.05, 3.63) is 58.1 Å². The lowest BCUT2D eigenvalue weighted by molar-refractivity contribution is 0.115. The van der Waals surface area contributed by atoms with E-state index in [1.807, 2.05) is 42.5 Å². The molecular formula is C22H24BrClN4O2. The van der Waals surface area contributed by atoms with Crippen molar-refractivity contribution in [2.45, 2.75) is 13.8 Å². The molecule has 0 amide bonds. The molecule has 2 N–H and O–H groups in total. The first-order chi connectivity index (χ1) is 14.1. The van der Waals surface area contributed by atoms with Gasteiger partial charge in [-0.15, -0.1) is 12.4 Å². The lowest BCUT2D eigenvalue weighted by atomic mass is 10.0. The minimum absolute atomic E-state index is 0. The number of likely N-dealkylation sites (N-methyl/N-ethyl adjacent to an activating group) is 1. The Morgan fingerprint density at radius 1 is 1.17 bits per heavy atom. The maximum atomic E-state index is 10.6. The fourth-order valence-corrected chi connectivity index (χ4v) is 3.92. The highest BCUT2D eigenvalue weighted by molar-refractivity contribution is 9.10. The van der Waals surface area contributed by atoms with Gasteiger partial charge in [0.15, 0.2) is 5.88 Å². The highest BCUT2D eigenvalue weighted by Gasteiger charge is 2.29. The quantitative estimate of drug-likeness (QED) is 0.350. The number of fused-ring (bicyclic) bond motifs is 2. The Morgan fingerprint density at radius 3 is 2.70 bits per heavy atom. The highest BCUT2D eigenvalue weighted by Crippen LogP contribution is 2.36. The molecule has 0 unspecified atom stereocenters. The van der Waals surface area contributed by atoms with Crippen LogP contribution in [0.5, 0.6) is 5.88 Å². The van der Waals surface area contributed by atoms with Crippen molar-refractivity contribution < 1.29 is 9.94 Å². The summed E-state index contributed by atoms with van der Waals surface area (Å²) in [4.78, 5) is 15.7. The number of hydrogen-bond acceptors (Lipinski definition) is 5. The molecule has 3 aromatic rings. The van der Waals surface area contributed by atoms with E-state index in [9.17, 15) is 5.11 Å². The van der Waals surface area contributed by atoms with E-state index in [2.05, 4.69) is 44.8 Å². The molecule has 4 rings (SSSR count). The van der Waals surface area contributed by atoms with Gasteiger partial charge < -0.3 is 19.8 Å². The number of aromatic amines is 1. The summed E-state index contributed by atoms with van der Waals surface area (Å²) in [5.74, 6) is 0.0699. The highest BCUT2D eigenvalue weighted by atomic mass is 79.9. The van der Waals surface area contributed by atoms with E-state index in [-0.39, 0.29) is 18.3 Å². The zero-order chi connectivity index (χ0) is 20.4. The molecule has 0 aliphatic carbocycles. The molecule has 0 bridgehead atoms. The van der Waals surface area contributed by atoms with E-state index in [0.717, 1.165) is 46.3 Å². The first-order valence-corrected chi connectivity index (χ1v) is 10.5. The molecule has 6 nitrogen and oxygen atoms in total. The summed E-state index contributed by atoms with van der Waals surface area (Å²) in [6.45, 7) is 7.52. The maximum Gasteiger partial charge on any atom is 0.199 e. The van der Waals surface area contributed by atoms with E-state index < -0.39 is 0 Å². The minimum Gasteiger partial charge on any atom is -0.494 e. The molecule has 0 spiro atoms. The van der Waals surface area contributed by atoms with E-state index in [1.54, 1.807) is 0 Å². The predicted molar refractivity (Wildman–Crippen MR) is 128 cm³/mol. The molecule has 1 aliphatic rings. The Labute approximate surface area is 190 Å². The smallest absolute Gasteiger partial charge is 0.199 e. The summed E-state index contributed by atoms with van der Waals surface area (Å²) < 4.78 is 0.933. The predicted octanol–water partition coefficient (Wildman–Crippen LogP) is 5.25. The van der Waals surface area contributed by atoms with Gasteiger partial charge in [-0.2, -0.15) is 0 Å². The third kappa shape index (κ3) is 4.24. The fraction of sp³-hybridized carbons (Fsp3) is 0.273. The number of hydrogen-bond donors (Lipinski definition) is 2. The van der Waals surface area contributed by atoms with Crippen molar-refractivity contribution in [3.8, 4) is 5.88 Å². The Kier molecular flexibility index (Phi) is 7.18. The molecule has 0 radical (unpaired) electrons. The van der Waals surface area contributed by atoms with E-state index >= 15 is 0 Å². The van der Waals surface area contributed by atoms with Crippen LogP contribution in [0.3, 0.4) is 0 Å². The van der Waals surface area contributed by atoms with Crippen molar-refractivity contribution >= 4 is 56.4 Å². The SMILES string of the molecule is CCN(CC)CCO/N=C1/C(c2c(O)[nH]c3cc(Br)ccc23)=Nc2ccccc21.Cl. The van der Waals surface area contributed by atoms with Gasteiger partial charge in [-0.3, -0.25) is 0 Å². The Balaban J connectivity index is 0.00000256. The van der Waals surface area contributed by atoms with Crippen LogP contribution in [0.15, 0.2) is 57.1 Å². The Hall–Kier alpha value is -2.35. The number of oxime groups is 1. The van der Waals surface area contributed by atoms with Gasteiger partial charge in [0.1, 0.15) is 18.0 Å². The summed E-state index contributed by atoms with van der Waals surface area (Å²) in [6, 6.07) is 13.6. The summed E-state index contributed by atoms with van der Waals surface area (Å²) in [6.07, 6.45) is 0. The van der Waals surface area contributed by atoms with Gasteiger partial charge in [0.05, 0.1) is 16.8 Å². The fourth-order valence-electron chi connectivity index (χ4n) is 3.55. The molecule has 158 valence electrons. The minimum atomic E-state index is 0. The zero-order valence-corrected chi connectivity index (χ0v) is 19.3. The third-order valence-corrected chi connectivity index (χ3v) is 5.64. The number of nitrogens with zero attached hydrogens (tertiary/aromatic N) is 3. The lowest BCUT2D eigenvalue weighted by Gasteiger charge is -2.16. The van der Waals surface area contributed by atoms with Crippen molar-refractivity contribution in [3.63, 3.8) is 0 Å². The van der Waals surface area contributed by atoms with E-state index in [1.165, 1.54) is 0 Å². The average Bonchev–Trinajstić information content (AvgIpc) is 3.24. The van der Waals surface area contributed by atoms with Crippen LogP contribution in [0, 0.1) is 0 Å². The van der Waals surface area contributed by atoms with E-state index in [4.69, 9.17) is 9.83 Å². The van der Waals surface area contributed by atoms with Gasteiger partial charge in [-0.1, -0.05) is 59.2 Å². The maximum absolute atomic E-state index is 10.6. The first-order valence-electron chi connectivity index (χ1n) is 9.73. The number of aliphatic imine (C=N–C) groups is 1. The van der Waals surface area contributed by atoms with Crippen LogP contribution in [0.25, 0.3) is 10.9 Å². The number of nitrogens with one attached hydrogen (secondary N) is 1. The molecule has 2 aromatic carbocycles. The van der Waals surface area contributed by atoms with Crippen LogP contribution in [-0.2, 0) is 4.84 Å². The molecule has 8 heteroatoms. The number of benzene rings is 2. The van der Waals surface area contributed by atoms with Crippen molar-refractivity contribution in [2.24, 2.45) is 10.1 Å². The van der Waals surface area contributed by atoms with Gasteiger partial charge in [0.25, 0.3) is 0 Å². The zero-order valence-electron chi connectivity index (χ0n) is 16.9. The number of halogens is 2. The van der Waals surface area contributed by atoms with Gasteiger partial charge in [0.2, 0.25) is 0 Å². The molecule has 30 heavy (non-hydrogen) atoms. The third-order valence-electron chi connectivity index (χ3n) is 5.14. The summed E-state index contributed by atoms with van der Waals surface area (Å²) in [5, 5.41) is 16.0. The summed E-state index contributed by atoms with van der Waals surface area (Å²) >= 11 is 3.47. The first kappa shape index (κ1) is 22.3. The van der Waals surface area contributed by atoms with Crippen LogP contribution < -0.4 is 0 Å². The van der Waals surface area contributed by atoms with Crippen LogP contribution >= 0.6 is 28.3 Å². The van der Waals surface area contributed by atoms with Crippen LogP contribution in [0.2, 0.25) is 0 Å². The van der Waals surface area contributed by atoms with Crippen LogP contribution in [0.1, 0.15) is 25.0 Å². The molecule has 2 heterocycles. The second kappa shape index (κ2) is 9.64. The second-order valence-electron chi connectivity index (χ2n) is 6.82. The molecular weight excluding hydrogens is 468 g/mol.